The van der Waals surface area contributed by atoms with Gasteiger partial charge in [-0.25, -0.2) is 14.6 Å². The van der Waals surface area contributed by atoms with E-state index < -0.39 is 12.5 Å². The smallest absolute Gasteiger partial charge is 0.320 e. The van der Waals surface area contributed by atoms with Gasteiger partial charge in [-0.1, -0.05) is 19.1 Å². The Kier molecular flexibility index (Phi) is 5.19. The third-order valence-corrected chi connectivity index (χ3v) is 5.01. The number of carbonyl (C=O) groups is 1. The molecule has 3 heterocycles. The summed E-state index contributed by atoms with van der Waals surface area (Å²) in [5.41, 5.74) is 1.97. The predicted molar refractivity (Wildman–Crippen MR) is 110 cm³/mol. The van der Waals surface area contributed by atoms with Crippen LogP contribution in [0, 0.1) is 0 Å². The molecule has 7 nitrogen and oxygen atoms in total. The summed E-state index contributed by atoms with van der Waals surface area (Å²) < 4.78 is 30.0. The first-order chi connectivity index (χ1) is 14.4. The van der Waals surface area contributed by atoms with Crippen molar-refractivity contribution in [2.75, 3.05) is 6.54 Å². The summed E-state index contributed by atoms with van der Waals surface area (Å²) in [6, 6.07) is 8.64. The van der Waals surface area contributed by atoms with Gasteiger partial charge in [-0.05, 0) is 32.0 Å². The minimum Gasteiger partial charge on any atom is -0.351 e. The number of alkyl halides is 2. The van der Waals surface area contributed by atoms with Crippen molar-refractivity contribution >= 4 is 28.0 Å². The molecule has 4 aromatic rings. The molecule has 0 aliphatic heterocycles. The van der Waals surface area contributed by atoms with Crippen LogP contribution in [0.1, 0.15) is 55.5 Å². The molecule has 156 valence electrons. The molecule has 0 radical (unpaired) electrons. The highest BCUT2D eigenvalue weighted by Gasteiger charge is 2.22. The van der Waals surface area contributed by atoms with Crippen molar-refractivity contribution in [1.82, 2.24) is 29.6 Å². The van der Waals surface area contributed by atoms with Crippen LogP contribution >= 0.6 is 0 Å². The van der Waals surface area contributed by atoms with Gasteiger partial charge in [0.05, 0.1) is 22.8 Å². The number of pyridine rings is 1. The third-order valence-electron chi connectivity index (χ3n) is 5.01. The molecular weight excluding hydrogens is 390 g/mol. The van der Waals surface area contributed by atoms with E-state index in [1.54, 1.807) is 48.1 Å². The molecule has 0 saturated carbocycles. The van der Waals surface area contributed by atoms with Crippen molar-refractivity contribution in [3.05, 3.63) is 54.1 Å². The van der Waals surface area contributed by atoms with E-state index in [4.69, 9.17) is 0 Å². The minimum atomic E-state index is -2.71. The molecule has 30 heavy (non-hydrogen) atoms. The maximum absolute atomic E-state index is 13.6. The summed E-state index contributed by atoms with van der Waals surface area (Å²) in [5.74, 6) is -0.498. The highest BCUT2D eigenvalue weighted by atomic mass is 19.3. The number of nitrogens with one attached hydrogen (secondary N) is 1. The lowest BCUT2D eigenvalue weighted by atomic mass is 10.1. The van der Waals surface area contributed by atoms with Crippen molar-refractivity contribution in [1.29, 1.82) is 0 Å². The molecule has 0 aliphatic carbocycles. The van der Waals surface area contributed by atoms with E-state index in [1.165, 1.54) is 6.20 Å². The molecule has 0 spiro atoms. The fourth-order valence-electron chi connectivity index (χ4n) is 3.50. The molecule has 0 bridgehead atoms. The number of carbonyl (C=O) groups excluding carboxylic acids is 1. The zero-order chi connectivity index (χ0) is 21.4. The van der Waals surface area contributed by atoms with Gasteiger partial charge in [0.25, 0.3) is 5.91 Å². The summed E-state index contributed by atoms with van der Waals surface area (Å²) in [6.07, 6.45) is 3.17. The van der Waals surface area contributed by atoms with Crippen LogP contribution in [0.2, 0.25) is 0 Å². The number of aromatic nitrogens is 5. The Labute approximate surface area is 171 Å². The number of hydrogen-bond donors (Lipinski definition) is 1. The Morgan fingerprint density at radius 1 is 1.17 bits per heavy atom. The minimum absolute atomic E-state index is 0.157. The Bertz CT molecular complexity index is 1210. The van der Waals surface area contributed by atoms with Gasteiger partial charge in [0.1, 0.15) is 5.82 Å². The van der Waals surface area contributed by atoms with Crippen molar-refractivity contribution in [3.63, 3.8) is 0 Å². The van der Waals surface area contributed by atoms with Crippen LogP contribution in [0.3, 0.4) is 0 Å². The van der Waals surface area contributed by atoms with E-state index in [-0.39, 0.29) is 24.3 Å². The molecule has 1 aromatic carbocycles. The normalized spacial score (nSPS) is 12.9. The van der Waals surface area contributed by atoms with Gasteiger partial charge >= 0.3 is 6.55 Å². The van der Waals surface area contributed by atoms with Gasteiger partial charge in [0.15, 0.2) is 5.65 Å². The van der Waals surface area contributed by atoms with Crippen molar-refractivity contribution in [2.24, 2.45) is 0 Å². The van der Waals surface area contributed by atoms with Gasteiger partial charge < -0.3 is 5.32 Å². The van der Waals surface area contributed by atoms with Crippen LogP contribution in [-0.4, -0.2) is 36.8 Å². The van der Waals surface area contributed by atoms with Gasteiger partial charge in [0, 0.05) is 30.1 Å². The highest BCUT2D eigenvalue weighted by Crippen LogP contribution is 2.27. The Morgan fingerprint density at radius 2 is 1.93 bits per heavy atom. The second kappa shape index (κ2) is 7.81. The van der Waals surface area contributed by atoms with Crippen molar-refractivity contribution in [2.45, 2.75) is 39.3 Å². The topological polar surface area (TPSA) is 77.6 Å². The zero-order valence-corrected chi connectivity index (χ0v) is 16.9. The van der Waals surface area contributed by atoms with Crippen LogP contribution in [0.4, 0.5) is 8.78 Å². The fourth-order valence-corrected chi connectivity index (χ4v) is 3.50. The molecule has 1 amide bonds. The standard InChI is InChI=1S/C21H22F2N6O/c1-12(2)29-19-14(11-26-29)8-15(10-24-19)20(30)25-9-13(3)18-27-16-6-4-5-7-17(16)28(18)21(22)23/h4-8,10-13,21H,9H2,1-3H3,(H,25,30). The highest BCUT2D eigenvalue weighted by molar-refractivity contribution is 5.96. The summed E-state index contributed by atoms with van der Waals surface area (Å²) in [4.78, 5) is 21.3. The molecule has 0 fully saturated rings. The van der Waals surface area contributed by atoms with E-state index in [9.17, 15) is 13.6 Å². The van der Waals surface area contributed by atoms with E-state index >= 15 is 0 Å². The Hall–Kier alpha value is -3.36. The number of imidazole rings is 1. The number of nitrogens with zero attached hydrogens (tertiary/aromatic N) is 5. The van der Waals surface area contributed by atoms with Crippen LogP contribution in [-0.2, 0) is 0 Å². The molecule has 1 unspecified atom stereocenters. The second-order valence-corrected chi connectivity index (χ2v) is 7.54. The number of halogens is 2. The SMILES string of the molecule is CC(CNC(=O)c1cnc2c(cnn2C(C)C)c1)c1nc2ccccc2n1C(F)F. The quantitative estimate of drug-likeness (QED) is 0.512. The lowest BCUT2D eigenvalue weighted by Crippen LogP contribution is -2.28. The van der Waals surface area contributed by atoms with Gasteiger partial charge in [0.2, 0.25) is 0 Å². The maximum atomic E-state index is 13.6. The average Bonchev–Trinajstić information content (AvgIpc) is 3.32. The molecule has 9 heteroatoms. The average molecular weight is 412 g/mol. The first kappa shape index (κ1) is 19.9. The van der Waals surface area contributed by atoms with Gasteiger partial charge in [-0.15, -0.1) is 0 Å². The largest absolute Gasteiger partial charge is 0.351 e. The number of para-hydroxylation sites is 2. The molecule has 0 saturated heterocycles. The van der Waals surface area contributed by atoms with Crippen molar-refractivity contribution < 1.29 is 13.6 Å². The number of benzene rings is 1. The molecule has 3 aromatic heterocycles. The summed E-state index contributed by atoms with van der Waals surface area (Å²) >= 11 is 0. The summed E-state index contributed by atoms with van der Waals surface area (Å²) in [6.45, 7) is 3.22. The molecule has 1 atom stereocenters. The monoisotopic (exact) mass is 412 g/mol. The molecule has 1 N–H and O–H groups in total. The number of amides is 1. The van der Waals surface area contributed by atoms with Crippen molar-refractivity contribution in [3.8, 4) is 0 Å². The van der Waals surface area contributed by atoms with Crippen LogP contribution < -0.4 is 5.32 Å². The van der Waals surface area contributed by atoms with Crippen LogP contribution in [0.15, 0.2) is 42.7 Å². The van der Waals surface area contributed by atoms with E-state index in [0.29, 0.717) is 22.2 Å². The van der Waals surface area contributed by atoms with E-state index in [2.05, 4.69) is 20.4 Å². The lowest BCUT2D eigenvalue weighted by Gasteiger charge is -2.15. The second-order valence-electron chi connectivity index (χ2n) is 7.54. The predicted octanol–water partition coefficient (Wildman–Crippen LogP) is 4.29. The maximum Gasteiger partial charge on any atom is 0.320 e. The summed E-state index contributed by atoms with van der Waals surface area (Å²) in [5, 5.41) is 7.86. The third kappa shape index (κ3) is 3.51. The van der Waals surface area contributed by atoms with E-state index in [1.807, 2.05) is 13.8 Å². The lowest BCUT2D eigenvalue weighted by molar-refractivity contribution is 0.0704. The Morgan fingerprint density at radius 3 is 2.67 bits per heavy atom. The zero-order valence-electron chi connectivity index (χ0n) is 16.9. The van der Waals surface area contributed by atoms with Crippen LogP contribution in [0.25, 0.3) is 22.1 Å². The number of rotatable bonds is 6. The van der Waals surface area contributed by atoms with E-state index in [0.717, 1.165) is 9.95 Å². The number of hydrogen-bond acceptors (Lipinski definition) is 4. The molecule has 4 rings (SSSR count). The summed E-state index contributed by atoms with van der Waals surface area (Å²) in [7, 11) is 0. The molecule has 0 aliphatic rings. The first-order valence-electron chi connectivity index (χ1n) is 9.73. The Balaban J connectivity index is 1.52. The first-order valence-corrected chi connectivity index (χ1v) is 9.73. The van der Waals surface area contributed by atoms with Gasteiger partial charge in [-0.3, -0.25) is 9.36 Å². The van der Waals surface area contributed by atoms with Gasteiger partial charge in [-0.2, -0.15) is 13.9 Å². The fraction of sp³-hybridized carbons (Fsp3) is 0.333. The molecular formula is C21H22F2N6O. The van der Waals surface area contributed by atoms with Crippen LogP contribution in [0.5, 0.6) is 0 Å². The number of fused-ring (bicyclic) bond motifs is 2.